The Labute approximate surface area is 301 Å². The molecular weight excluding hydrogens is 650 g/mol. The van der Waals surface area contributed by atoms with E-state index in [-0.39, 0.29) is 41.2 Å². The second kappa shape index (κ2) is 16.5. The van der Waals surface area contributed by atoms with Crippen LogP contribution in [0.4, 0.5) is 0 Å². The summed E-state index contributed by atoms with van der Waals surface area (Å²) in [5.74, 6) is -2.87. The molecule has 0 aromatic carbocycles. The molecule has 0 bridgehead atoms. The number of likely N-dealkylation sites (tertiary alicyclic amines) is 1. The van der Waals surface area contributed by atoms with E-state index in [0.717, 1.165) is 44.9 Å². The molecule has 0 radical (unpaired) electrons. The highest BCUT2D eigenvalue weighted by Crippen LogP contribution is 2.42. The molecule has 1 aliphatic heterocycles. The van der Waals surface area contributed by atoms with Crippen LogP contribution in [-0.4, -0.2) is 92.5 Å². The van der Waals surface area contributed by atoms with Gasteiger partial charge in [0.15, 0.2) is 5.78 Å². The number of fused-ring (bicyclic) bond motifs is 1. The number of hydrogen-bond acceptors (Lipinski definition) is 9. The molecule has 2 heterocycles. The fraction of sp³-hybridized carbons (Fsp3) is 0.711. The van der Waals surface area contributed by atoms with E-state index in [1.807, 2.05) is 27.7 Å². The molecule has 0 spiro atoms. The average molecular weight is 706 g/mol. The molecule has 1 saturated heterocycles. The molecule has 4 aliphatic rings. The number of rotatable bonds is 14. The largest absolute Gasteiger partial charge is 0.347 e. The summed E-state index contributed by atoms with van der Waals surface area (Å²) < 4.78 is 0. The zero-order valence-corrected chi connectivity index (χ0v) is 30.8. The maximum atomic E-state index is 14.6. The SMILES string of the molecule is CCC[C@H](/N=C1\CC[C@H]2CN(C(=O)C(NC(=O)[C@H](CC3CCCCC3)NC(=O)c3cnccn3)C(C)(C)C)[C@H](C(C)=O)[C@@H]12)C(=O)C(=O)NC1CC1. The Balaban J connectivity index is 1.36. The molecule has 51 heavy (non-hydrogen) atoms. The van der Waals surface area contributed by atoms with Gasteiger partial charge < -0.3 is 20.9 Å². The Bertz CT molecular complexity index is 1500. The molecule has 13 heteroatoms. The van der Waals surface area contributed by atoms with Crippen LogP contribution in [0.25, 0.3) is 0 Å². The van der Waals surface area contributed by atoms with Crippen molar-refractivity contribution in [2.45, 2.75) is 142 Å². The number of nitrogens with one attached hydrogen (secondary N) is 3. The monoisotopic (exact) mass is 705 g/mol. The first kappa shape index (κ1) is 38.2. The summed E-state index contributed by atoms with van der Waals surface area (Å²) in [5, 5.41) is 8.64. The van der Waals surface area contributed by atoms with Crippen LogP contribution in [0.2, 0.25) is 0 Å². The summed E-state index contributed by atoms with van der Waals surface area (Å²) in [6, 6.07) is -3.48. The summed E-state index contributed by atoms with van der Waals surface area (Å²) in [5.41, 5.74) is 0.0666. The van der Waals surface area contributed by atoms with Crippen LogP contribution in [0.5, 0.6) is 0 Å². The Morgan fingerprint density at radius 2 is 1.71 bits per heavy atom. The minimum atomic E-state index is -0.992. The molecular formula is C38H55N7O6. The van der Waals surface area contributed by atoms with Crippen molar-refractivity contribution in [2.24, 2.45) is 28.2 Å². The number of aromatic nitrogens is 2. The van der Waals surface area contributed by atoms with Crippen LogP contribution in [0.1, 0.15) is 122 Å². The second-order valence-electron chi connectivity index (χ2n) is 16.1. The Kier molecular flexibility index (Phi) is 12.4. The molecule has 1 aromatic heterocycles. The molecule has 4 amide bonds. The van der Waals surface area contributed by atoms with E-state index < -0.39 is 53.1 Å². The maximum Gasteiger partial charge on any atom is 0.289 e. The summed E-state index contributed by atoms with van der Waals surface area (Å²) in [7, 11) is 0. The lowest BCUT2D eigenvalue weighted by Crippen LogP contribution is -2.60. The molecule has 3 N–H and O–H groups in total. The van der Waals surface area contributed by atoms with Gasteiger partial charge >= 0.3 is 0 Å². The standard InChI is InChI=1S/C38H55N7O6/c1-6-10-27(32(47)36(50)41-25-14-15-25)42-26-16-13-24-21-45(31(22(2)46)30(24)26)37(51)33(38(3,4)5)44-34(48)28(19-23-11-8-7-9-12-23)43-35(49)29-20-39-17-18-40-29/h17-18,20,23-25,27-28,30-31,33H,6-16,19,21H2,1-5H3,(H,41,50)(H,43,49)(H,44,48)/b42-26+/t24-,27-,28-,30+,31+,33?/m0/s1. The van der Waals surface area contributed by atoms with Gasteiger partial charge in [0.2, 0.25) is 17.6 Å². The zero-order valence-electron chi connectivity index (χ0n) is 30.8. The van der Waals surface area contributed by atoms with Gasteiger partial charge in [-0.3, -0.25) is 38.7 Å². The third kappa shape index (κ3) is 9.45. The number of carbonyl (C=O) groups is 6. The van der Waals surface area contributed by atoms with Crippen LogP contribution in [0.3, 0.4) is 0 Å². The van der Waals surface area contributed by atoms with Gasteiger partial charge in [0.25, 0.3) is 11.8 Å². The van der Waals surface area contributed by atoms with Gasteiger partial charge in [-0.1, -0.05) is 66.2 Å². The van der Waals surface area contributed by atoms with Gasteiger partial charge in [-0.05, 0) is 62.7 Å². The van der Waals surface area contributed by atoms with Gasteiger partial charge in [0.1, 0.15) is 23.8 Å². The Morgan fingerprint density at radius 3 is 2.31 bits per heavy atom. The van der Waals surface area contributed by atoms with Gasteiger partial charge in [0.05, 0.1) is 12.2 Å². The summed E-state index contributed by atoms with van der Waals surface area (Å²) >= 11 is 0. The number of nitrogens with zero attached hydrogens (tertiary/aromatic N) is 4. The summed E-state index contributed by atoms with van der Waals surface area (Å²) in [4.78, 5) is 95.6. The van der Waals surface area contributed by atoms with E-state index >= 15 is 0 Å². The van der Waals surface area contributed by atoms with E-state index in [0.29, 0.717) is 44.4 Å². The number of aliphatic imine (C=N–C) groups is 1. The first-order valence-corrected chi connectivity index (χ1v) is 18.9. The van der Waals surface area contributed by atoms with Crippen molar-refractivity contribution >= 4 is 40.9 Å². The second-order valence-corrected chi connectivity index (χ2v) is 16.1. The molecule has 278 valence electrons. The molecule has 3 saturated carbocycles. The van der Waals surface area contributed by atoms with Crippen molar-refractivity contribution in [2.75, 3.05) is 6.54 Å². The molecule has 4 fully saturated rings. The van der Waals surface area contributed by atoms with E-state index in [1.165, 1.54) is 25.5 Å². The van der Waals surface area contributed by atoms with E-state index in [1.54, 1.807) is 4.90 Å². The lowest BCUT2D eigenvalue weighted by atomic mass is 9.83. The van der Waals surface area contributed by atoms with Gasteiger partial charge in [0, 0.05) is 36.6 Å². The predicted molar refractivity (Wildman–Crippen MR) is 191 cm³/mol. The Hall–Kier alpha value is -4.03. The van der Waals surface area contributed by atoms with Crippen LogP contribution >= 0.6 is 0 Å². The number of ketones is 2. The number of amides is 4. The van der Waals surface area contributed by atoms with Gasteiger partial charge in [-0.15, -0.1) is 0 Å². The van der Waals surface area contributed by atoms with Crippen LogP contribution in [-0.2, 0) is 24.0 Å². The quantitative estimate of drug-likeness (QED) is 0.247. The zero-order chi connectivity index (χ0) is 36.9. The van der Waals surface area contributed by atoms with Crippen molar-refractivity contribution in [3.8, 4) is 0 Å². The number of hydrogen-bond donors (Lipinski definition) is 3. The molecule has 1 aromatic rings. The third-order valence-corrected chi connectivity index (χ3v) is 10.9. The fourth-order valence-corrected chi connectivity index (χ4v) is 8.06. The fourth-order valence-electron chi connectivity index (χ4n) is 8.06. The van der Waals surface area contributed by atoms with Gasteiger partial charge in [-0.2, -0.15) is 0 Å². The highest BCUT2D eigenvalue weighted by molar-refractivity contribution is 6.38. The number of carbonyl (C=O) groups excluding carboxylic acids is 6. The molecule has 5 rings (SSSR count). The van der Waals surface area contributed by atoms with Crippen LogP contribution < -0.4 is 16.0 Å². The highest BCUT2D eigenvalue weighted by atomic mass is 16.2. The van der Waals surface area contributed by atoms with Crippen molar-refractivity contribution in [1.29, 1.82) is 0 Å². The normalized spacial score (nSPS) is 24.7. The van der Waals surface area contributed by atoms with Gasteiger partial charge in [-0.25, -0.2) is 4.98 Å². The minimum absolute atomic E-state index is 0.0408. The Morgan fingerprint density at radius 1 is 0.980 bits per heavy atom. The first-order valence-electron chi connectivity index (χ1n) is 18.9. The molecule has 1 unspecified atom stereocenters. The number of Topliss-reactive ketones (excluding diaryl/α,β-unsaturated/α-hetero) is 2. The van der Waals surface area contributed by atoms with Crippen molar-refractivity contribution in [3.63, 3.8) is 0 Å². The topological polar surface area (TPSA) is 180 Å². The lowest BCUT2D eigenvalue weighted by Gasteiger charge is -2.37. The lowest BCUT2D eigenvalue weighted by molar-refractivity contribution is -0.143. The predicted octanol–water partition coefficient (Wildman–Crippen LogP) is 3.36. The van der Waals surface area contributed by atoms with Crippen molar-refractivity contribution in [1.82, 2.24) is 30.8 Å². The van der Waals surface area contributed by atoms with Crippen LogP contribution in [0.15, 0.2) is 23.6 Å². The first-order chi connectivity index (χ1) is 24.3. The minimum Gasteiger partial charge on any atom is -0.347 e. The van der Waals surface area contributed by atoms with E-state index in [9.17, 15) is 28.8 Å². The smallest absolute Gasteiger partial charge is 0.289 e. The van der Waals surface area contributed by atoms with E-state index in [4.69, 9.17) is 4.99 Å². The molecule has 3 aliphatic carbocycles. The third-order valence-electron chi connectivity index (χ3n) is 10.9. The van der Waals surface area contributed by atoms with Crippen molar-refractivity contribution < 1.29 is 28.8 Å². The summed E-state index contributed by atoms with van der Waals surface area (Å²) in [6.45, 7) is 9.32. The van der Waals surface area contributed by atoms with Crippen molar-refractivity contribution in [3.05, 3.63) is 24.3 Å². The van der Waals surface area contributed by atoms with E-state index in [2.05, 4.69) is 25.9 Å². The highest BCUT2D eigenvalue weighted by Gasteiger charge is 2.53. The molecule has 6 atom stereocenters. The molecule has 13 nitrogen and oxygen atoms in total. The average Bonchev–Trinajstić information content (AvgIpc) is 3.71. The summed E-state index contributed by atoms with van der Waals surface area (Å²) in [6.07, 6.45) is 14.0. The van der Waals surface area contributed by atoms with Crippen LogP contribution in [0, 0.1) is 23.2 Å². The maximum absolute atomic E-state index is 14.6.